The van der Waals surface area contributed by atoms with Crippen LogP contribution in [0.15, 0.2) is 0 Å². The largest absolute Gasteiger partial charge is 0.464 e. The van der Waals surface area contributed by atoms with Gasteiger partial charge in [0.15, 0.2) is 9.84 Å². The van der Waals surface area contributed by atoms with Crippen molar-refractivity contribution in [2.24, 2.45) is 0 Å². The van der Waals surface area contributed by atoms with Gasteiger partial charge in [0.25, 0.3) is 0 Å². The molecule has 0 bridgehead atoms. The van der Waals surface area contributed by atoms with Crippen LogP contribution in [-0.2, 0) is 9.84 Å². The van der Waals surface area contributed by atoms with Crippen molar-refractivity contribution in [1.29, 1.82) is 0 Å². The monoisotopic (exact) mass is 301 g/mol. The second-order valence-electron chi connectivity index (χ2n) is 4.42. The summed E-state index contributed by atoms with van der Waals surface area (Å²) in [6, 6.07) is 0.244. The van der Waals surface area contributed by atoms with Crippen molar-refractivity contribution in [2.45, 2.75) is 13.3 Å². The number of sulfone groups is 1. The van der Waals surface area contributed by atoms with Crippen LogP contribution in [0.1, 0.15) is 13.3 Å². The summed E-state index contributed by atoms with van der Waals surface area (Å²) in [6.07, 6.45) is 0.576. The highest BCUT2D eigenvalue weighted by atomic mass is 32.2. The summed E-state index contributed by atoms with van der Waals surface area (Å²) in [5.74, 6) is 1.19. The topological polar surface area (TPSA) is 97.3 Å². The molecule has 2 heterocycles. The average molecular weight is 301 g/mol. The van der Waals surface area contributed by atoms with Crippen LogP contribution in [0.3, 0.4) is 0 Å². The molecule has 0 atom stereocenters. The third-order valence-electron chi connectivity index (χ3n) is 2.94. The van der Waals surface area contributed by atoms with Gasteiger partial charge >= 0.3 is 6.01 Å². The molecule has 0 saturated carbocycles. The zero-order valence-corrected chi connectivity index (χ0v) is 12.5. The number of rotatable bonds is 4. The van der Waals surface area contributed by atoms with E-state index in [1.807, 2.05) is 11.8 Å². The standard InChI is InChI=1S/C11H19N5O3S/c1-3-19-11-14-9(12-2)13-10(15-11)16-5-4-7-20(17,18)8-6-16/h3-8H2,1-2H3,(H,12,13,14,15). The van der Waals surface area contributed by atoms with Gasteiger partial charge in [0.1, 0.15) is 0 Å². The summed E-state index contributed by atoms with van der Waals surface area (Å²) in [4.78, 5) is 14.4. The Labute approximate surface area is 118 Å². The second-order valence-corrected chi connectivity index (χ2v) is 6.72. The Kier molecular flexibility index (Phi) is 4.58. The van der Waals surface area contributed by atoms with Gasteiger partial charge < -0.3 is 15.0 Å². The van der Waals surface area contributed by atoms with Gasteiger partial charge in [-0.3, -0.25) is 0 Å². The van der Waals surface area contributed by atoms with Crippen LogP contribution in [0.4, 0.5) is 11.9 Å². The lowest BCUT2D eigenvalue weighted by Crippen LogP contribution is -2.29. The molecule has 1 aliphatic heterocycles. The van der Waals surface area contributed by atoms with E-state index in [2.05, 4.69) is 20.3 Å². The van der Waals surface area contributed by atoms with E-state index in [4.69, 9.17) is 4.74 Å². The van der Waals surface area contributed by atoms with Gasteiger partial charge in [0.2, 0.25) is 11.9 Å². The molecule has 0 amide bonds. The molecule has 0 aliphatic carbocycles. The highest BCUT2D eigenvalue weighted by molar-refractivity contribution is 7.91. The summed E-state index contributed by atoms with van der Waals surface area (Å²) in [5.41, 5.74) is 0. The lowest BCUT2D eigenvalue weighted by atomic mass is 10.4. The van der Waals surface area contributed by atoms with E-state index >= 15 is 0 Å². The van der Waals surface area contributed by atoms with E-state index in [0.717, 1.165) is 0 Å². The van der Waals surface area contributed by atoms with Gasteiger partial charge in [0, 0.05) is 20.1 Å². The first-order valence-electron chi connectivity index (χ1n) is 6.56. The molecule has 8 nitrogen and oxygen atoms in total. The summed E-state index contributed by atoms with van der Waals surface area (Å²) in [7, 11) is -1.25. The van der Waals surface area contributed by atoms with Gasteiger partial charge in [0.05, 0.1) is 18.1 Å². The molecule has 9 heteroatoms. The third-order valence-corrected chi connectivity index (χ3v) is 4.65. The van der Waals surface area contributed by atoms with Gasteiger partial charge in [-0.2, -0.15) is 15.0 Å². The molecular weight excluding hydrogens is 282 g/mol. The molecule has 0 spiro atoms. The van der Waals surface area contributed by atoms with Gasteiger partial charge in [-0.25, -0.2) is 8.42 Å². The van der Waals surface area contributed by atoms with Crippen molar-refractivity contribution in [3.05, 3.63) is 0 Å². The smallest absolute Gasteiger partial charge is 0.323 e. The number of aromatic nitrogens is 3. The van der Waals surface area contributed by atoms with Gasteiger partial charge in [-0.05, 0) is 13.3 Å². The Hall–Kier alpha value is -1.64. The maximum absolute atomic E-state index is 11.6. The maximum Gasteiger partial charge on any atom is 0.323 e. The molecule has 1 saturated heterocycles. The lowest BCUT2D eigenvalue weighted by molar-refractivity contribution is 0.312. The SMILES string of the molecule is CCOc1nc(NC)nc(N2CCCS(=O)(=O)CC2)n1. The molecule has 112 valence electrons. The number of hydrogen-bond donors (Lipinski definition) is 1. The minimum absolute atomic E-state index is 0.123. The predicted molar refractivity (Wildman–Crippen MR) is 76.0 cm³/mol. The van der Waals surface area contributed by atoms with Crippen molar-refractivity contribution >= 4 is 21.7 Å². The van der Waals surface area contributed by atoms with Gasteiger partial charge in [-0.1, -0.05) is 0 Å². The Morgan fingerprint density at radius 1 is 1.25 bits per heavy atom. The van der Waals surface area contributed by atoms with E-state index < -0.39 is 9.84 Å². The first-order chi connectivity index (χ1) is 9.54. The molecule has 0 unspecified atom stereocenters. The molecule has 1 aliphatic rings. The summed E-state index contributed by atoms with van der Waals surface area (Å²) < 4.78 is 28.6. The molecule has 1 aromatic rings. The Morgan fingerprint density at radius 3 is 2.75 bits per heavy atom. The van der Waals surface area contributed by atoms with E-state index in [1.54, 1.807) is 7.05 Å². The predicted octanol–water partition coefficient (Wildman–Crippen LogP) is -0.0631. The average Bonchev–Trinajstić information content (AvgIpc) is 2.59. The molecule has 1 fully saturated rings. The first kappa shape index (κ1) is 14.8. The fourth-order valence-electron chi connectivity index (χ4n) is 1.93. The van der Waals surface area contributed by atoms with Crippen LogP contribution in [0.25, 0.3) is 0 Å². The molecule has 1 aromatic heterocycles. The molecule has 2 rings (SSSR count). The zero-order chi connectivity index (χ0) is 14.6. The minimum atomic E-state index is -2.96. The van der Waals surface area contributed by atoms with Crippen molar-refractivity contribution < 1.29 is 13.2 Å². The highest BCUT2D eigenvalue weighted by Crippen LogP contribution is 2.17. The van der Waals surface area contributed by atoms with Crippen LogP contribution in [0.2, 0.25) is 0 Å². The lowest BCUT2D eigenvalue weighted by Gasteiger charge is -2.20. The molecule has 0 aromatic carbocycles. The molecule has 0 radical (unpaired) electrons. The van der Waals surface area contributed by atoms with Crippen LogP contribution in [0.5, 0.6) is 6.01 Å². The van der Waals surface area contributed by atoms with E-state index in [1.165, 1.54) is 0 Å². The van der Waals surface area contributed by atoms with Crippen molar-refractivity contribution in [3.8, 4) is 6.01 Å². The van der Waals surface area contributed by atoms with E-state index in [9.17, 15) is 8.42 Å². The summed E-state index contributed by atoms with van der Waals surface area (Å²) in [5, 5.41) is 2.85. The molecule has 1 N–H and O–H groups in total. The van der Waals surface area contributed by atoms with Crippen molar-refractivity contribution in [1.82, 2.24) is 15.0 Å². The van der Waals surface area contributed by atoms with Crippen LogP contribution in [-0.4, -0.2) is 61.6 Å². The fraction of sp³-hybridized carbons (Fsp3) is 0.727. The first-order valence-corrected chi connectivity index (χ1v) is 8.38. The Balaban J connectivity index is 2.24. The molecular formula is C11H19N5O3S. The van der Waals surface area contributed by atoms with Crippen LogP contribution < -0.4 is 15.0 Å². The number of hydrogen-bond acceptors (Lipinski definition) is 8. The van der Waals surface area contributed by atoms with Crippen LogP contribution >= 0.6 is 0 Å². The minimum Gasteiger partial charge on any atom is -0.464 e. The normalized spacial score (nSPS) is 18.4. The Bertz CT molecular complexity index is 563. The second kappa shape index (κ2) is 6.21. The van der Waals surface area contributed by atoms with Crippen molar-refractivity contribution in [2.75, 3.05) is 48.5 Å². The zero-order valence-electron chi connectivity index (χ0n) is 11.7. The quantitative estimate of drug-likeness (QED) is 0.826. The van der Waals surface area contributed by atoms with Crippen LogP contribution in [0, 0.1) is 0 Å². The maximum atomic E-state index is 11.6. The summed E-state index contributed by atoms with van der Waals surface area (Å²) >= 11 is 0. The fourth-order valence-corrected chi connectivity index (χ4v) is 3.20. The molecule has 20 heavy (non-hydrogen) atoms. The van der Waals surface area contributed by atoms with E-state index in [-0.39, 0.29) is 17.5 Å². The number of anilines is 2. The highest BCUT2D eigenvalue weighted by Gasteiger charge is 2.22. The number of nitrogens with one attached hydrogen (secondary N) is 1. The van der Waals surface area contributed by atoms with Gasteiger partial charge in [-0.15, -0.1) is 0 Å². The summed E-state index contributed by atoms with van der Waals surface area (Å²) in [6.45, 7) is 3.31. The Morgan fingerprint density at radius 2 is 2.05 bits per heavy atom. The third kappa shape index (κ3) is 3.69. The van der Waals surface area contributed by atoms with E-state index in [0.29, 0.717) is 38.0 Å². The van der Waals surface area contributed by atoms with Crippen molar-refractivity contribution in [3.63, 3.8) is 0 Å². The number of nitrogens with zero attached hydrogens (tertiary/aromatic N) is 4. The number of ether oxygens (including phenoxy) is 1.